The van der Waals surface area contributed by atoms with Crippen LogP contribution in [0.1, 0.15) is 33.6 Å². The molecular formula is C12H22N2O2S. The summed E-state index contributed by atoms with van der Waals surface area (Å²) in [7, 11) is 0. The van der Waals surface area contributed by atoms with Gasteiger partial charge in [-0.15, -0.1) is 0 Å². The van der Waals surface area contributed by atoms with Crippen LogP contribution < -0.4 is 5.32 Å². The largest absolute Gasteiger partial charge is 0.340 e. The van der Waals surface area contributed by atoms with Crippen LogP contribution >= 0.6 is 11.8 Å². The quantitative estimate of drug-likeness (QED) is 0.807. The molecule has 5 heteroatoms. The van der Waals surface area contributed by atoms with E-state index in [9.17, 15) is 9.59 Å². The Morgan fingerprint density at radius 2 is 2.06 bits per heavy atom. The second-order valence-corrected chi connectivity index (χ2v) is 5.58. The summed E-state index contributed by atoms with van der Waals surface area (Å²) in [5.74, 6) is 0.910. The van der Waals surface area contributed by atoms with Crippen molar-refractivity contribution in [2.75, 3.05) is 18.6 Å². The maximum atomic E-state index is 12.4. The first-order valence-electron chi connectivity index (χ1n) is 6.12. The fraction of sp³-hybridized carbons (Fsp3) is 0.833. The van der Waals surface area contributed by atoms with E-state index in [4.69, 9.17) is 0 Å². The van der Waals surface area contributed by atoms with E-state index in [2.05, 4.69) is 5.32 Å². The molecule has 0 saturated carbocycles. The minimum atomic E-state index is -0.721. The van der Waals surface area contributed by atoms with Gasteiger partial charge in [-0.25, -0.2) is 0 Å². The molecule has 0 aromatic rings. The first-order chi connectivity index (χ1) is 8.00. The fourth-order valence-electron chi connectivity index (χ4n) is 2.10. The monoisotopic (exact) mass is 258 g/mol. The van der Waals surface area contributed by atoms with Crippen molar-refractivity contribution in [2.24, 2.45) is 0 Å². The second-order valence-electron chi connectivity index (χ2n) is 4.59. The number of nitrogens with zero attached hydrogens (tertiary/aromatic N) is 1. The van der Waals surface area contributed by atoms with Crippen molar-refractivity contribution in [3.8, 4) is 0 Å². The van der Waals surface area contributed by atoms with Gasteiger partial charge >= 0.3 is 0 Å². The molecule has 2 amide bonds. The molecule has 0 bridgehead atoms. The average Bonchev–Trinajstić information content (AvgIpc) is 2.31. The molecule has 0 radical (unpaired) electrons. The summed E-state index contributed by atoms with van der Waals surface area (Å²) in [6.07, 6.45) is 3.31. The molecule has 1 N–H and O–H groups in total. The summed E-state index contributed by atoms with van der Waals surface area (Å²) < 4.78 is 0. The number of hydrogen-bond donors (Lipinski definition) is 1. The molecule has 1 saturated heterocycles. The van der Waals surface area contributed by atoms with Crippen molar-refractivity contribution < 1.29 is 9.59 Å². The Kier molecular flexibility index (Phi) is 4.86. The number of nitrogens with one attached hydrogen (secondary N) is 1. The third-order valence-corrected chi connectivity index (χ3v) is 4.03. The van der Waals surface area contributed by atoms with E-state index < -0.39 is 5.54 Å². The molecule has 17 heavy (non-hydrogen) atoms. The first-order valence-corrected chi connectivity index (χ1v) is 7.51. The van der Waals surface area contributed by atoms with E-state index in [1.165, 1.54) is 0 Å². The number of amides is 2. The van der Waals surface area contributed by atoms with Crippen LogP contribution in [-0.4, -0.2) is 46.8 Å². The SMILES string of the molecule is CCC1C(=O)NC(C)(CC)C(=O)N1CCSC. The van der Waals surface area contributed by atoms with Crippen molar-refractivity contribution in [1.82, 2.24) is 10.2 Å². The highest BCUT2D eigenvalue weighted by Crippen LogP contribution is 2.23. The maximum Gasteiger partial charge on any atom is 0.248 e. The molecule has 4 nitrogen and oxygen atoms in total. The second kappa shape index (κ2) is 5.76. The predicted molar refractivity (Wildman–Crippen MR) is 71.0 cm³/mol. The molecule has 0 aliphatic carbocycles. The molecule has 2 atom stereocenters. The van der Waals surface area contributed by atoms with Gasteiger partial charge in [0.05, 0.1) is 0 Å². The van der Waals surface area contributed by atoms with E-state index in [1.807, 2.05) is 27.0 Å². The Balaban J connectivity index is 2.92. The standard InChI is InChI=1S/C12H22N2O2S/c1-5-9-10(15)13-12(3,6-2)11(16)14(9)7-8-17-4/h9H,5-8H2,1-4H3,(H,13,15). The van der Waals surface area contributed by atoms with E-state index in [1.54, 1.807) is 16.7 Å². The summed E-state index contributed by atoms with van der Waals surface area (Å²) >= 11 is 1.69. The van der Waals surface area contributed by atoms with Crippen LogP contribution in [0.15, 0.2) is 0 Å². The van der Waals surface area contributed by atoms with E-state index in [0.29, 0.717) is 19.4 Å². The lowest BCUT2D eigenvalue weighted by Crippen LogP contribution is -2.69. The van der Waals surface area contributed by atoms with Crippen molar-refractivity contribution in [3.05, 3.63) is 0 Å². The van der Waals surface area contributed by atoms with Gasteiger partial charge in [-0.1, -0.05) is 13.8 Å². The Morgan fingerprint density at radius 3 is 2.53 bits per heavy atom. The van der Waals surface area contributed by atoms with Crippen molar-refractivity contribution >= 4 is 23.6 Å². The van der Waals surface area contributed by atoms with Crippen molar-refractivity contribution in [2.45, 2.75) is 45.2 Å². The van der Waals surface area contributed by atoms with Crippen LogP contribution in [0.25, 0.3) is 0 Å². The normalized spacial score (nSPS) is 29.4. The summed E-state index contributed by atoms with van der Waals surface area (Å²) in [6, 6.07) is -0.297. The lowest BCUT2D eigenvalue weighted by Gasteiger charge is -2.43. The Hall–Kier alpha value is -0.710. The van der Waals surface area contributed by atoms with Crippen molar-refractivity contribution in [3.63, 3.8) is 0 Å². The van der Waals surface area contributed by atoms with Gasteiger partial charge in [0.2, 0.25) is 11.8 Å². The van der Waals surface area contributed by atoms with Gasteiger partial charge < -0.3 is 10.2 Å². The molecule has 0 spiro atoms. The first kappa shape index (κ1) is 14.4. The smallest absolute Gasteiger partial charge is 0.248 e. The number of rotatable bonds is 5. The van der Waals surface area contributed by atoms with Gasteiger partial charge in [0.15, 0.2) is 0 Å². The number of thioether (sulfide) groups is 1. The Bertz CT molecular complexity index is 309. The number of carbonyl (C=O) groups is 2. The number of piperazine rings is 1. The highest BCUT2D eigenvalue weighted by molar-refractivity contribution is 7.98. The van der Waals surface area contributed by atoms with Crippen LogP contribution in [0.3, 0.4) is 0 Å². The molecule has 2 unspecified atom stereocenters. The average molecular weight is 258 g/mol. The van der Waals surface area contributed by atoms with E-state index in [-0.39, 0.29) is 17.9 Å². The van der Waals surface area contributed by atoms with Crippen LogP contribution in [0.2, 0.25) is 0 Å². The molecule has 1 heterocycles. The highest BCUT2D eigenvalue weighted by Gasteiger charge is 2.45. The minimum absolute atomic E-state index is 0.0162. The third-order valence-electron chi connectivity index (χ3n) is 3.44. The lowest BCUT2D eigenvalue weighted by molar-refractivity contribution is -0.154. The molecule has 1 fully saturated rings. The highest BCUT2D eigenvalue weighted by atomic mass is 32.2. The van der Waals surface area contributed by atoms with Crippen LogP contribution in [0.4, 0.5) is 0 Å². The summed E-state index contributed by atoms with van der Waals surface area (Å²) in [5.41, 5.74) is -0.721. The number of carbonyl (C=O) groups excluding carboxylic acids is 2. The van der Waals surface area contributed by atoms with Crippen LogP contribution in [0, 0.1) is 0 Å². The molecular weight excluding hydrogens is 236 g/mol. The zero-order valence-corrected chi connectivity index (χ0v) is 11.9. The molecule has 0 aromatic heterocycles. The third kappa shape index (κ3) is 2.76. The molecule has 98 valence electrons. The van der Waals surface area contributed by atoms with Gasteiger partial charge in [0.1, 0.15) is 11.6 Å². The van der Waals surface area contributed by atoms with Gasteiger partial charge in [0.25, 0.3) is 0 Å². The number of hydrogen-bond acceptors (Lipinski definition) is 3. The van der Waals surface area contributed by atoms with Crippen molar-refractivity contribution in [1.29, 1.82) is 0 Å². The summed E-state index contributed by atoms with van der Waals surface area (Å²) in [6.45, 7) is 6.34. The van der Waals surface area contributed by atoms with E-state index >= 15 is 0 Å². The lowest BCUT2D eigenvalue weighted by atomic mass is 9.91. The topological polar surface area (TPSA) is 49.4 Å². The van der Waals surface area contributed by atoms with E-state index in [0.717, 1.165) is 5.75 Å². The Labute approximate surface area is 108 Å². The molecule has 1 rings (SSSR count). The van der Waals surface area contributed by atoms with Crippen LogP contribution in [-0.2, 0) is 9.59 Å². The Morgan fingerprint density at radius 1 is 1.41 bits per heavy atom. The zero-order valence-electron chi connectivity index (χ0n) is 11.1. The molecule has 0 aromatic carbocycles. The van der Waals surface area contributed by atoms with Gasteiger partial charge in [-0.2, -0.15) is 11.8 Å². The van der Waals surface area contributed by atoms with Gasteiger partial charge in [0, 0.05) is 12.3 Å². The van der Waals surface area contributed by atoms with Gasteiger partial charge in [-0.05, 0) is 26.0 Å². The zero-order chi connectivity index (χ0) is 13.1. The summed E-state index contributed by atoms with van der Waals surface area (Å²) in [4.78, 5) is 26.2. The minimum Gasteiger partial charge on any atom is -0.340 e. The van der Waals surface area contributed by atoms with Gasteiger partial charge in [-0.3, -0.25) is 9.59 Å². The fourth-order valence-corrected chi connectivity index (χ4v) is 2.48. The molecule has 1 aliphatic rings. The maximum absolute atomic E-state index is 12.4. The molecule has 1 aliphatic heterocycles. The predicted octanol–water partition coefficient (Wildman–Crippen LogP) is 1.26. The summed E-state index contributed by atoms with van der Waals surface area (Å²) in [5, 5.41) is 2.86. The van der Waals surface area contributed by atoms with Crippen LogP contribution in [0.5, 0.6) is 0 Å².